The Labute approximate surface area is 245 Å². The van der Waals surface area contributed by atoms with Crippen molar-refractivity contribution in [2.45, 2.75) is 32.9 Å². The van der Waals surface area contributed by atoms with E-state index in [0.717, 1.165) is 53.8 Å². The molecule has 2 N–H and O–H groups in total. The first kappa shape index (κ1) is 28.9. The number of ether oxygens (including phenoxy) is 1. The SMILES string of the molecule is COc1ccc(Cn2cc(N(C(=O)O)C(C)(C)C)c(=O)c3cnc(Nc4ccc(N5CCN(C)CC5)cc4)nc32)cc1. The van der Waals surface area contributed by atoms with Gasteiger partial charge >= 0.3 is 6.09 Å². The van der Waals surface area contributed by atoms with Gasteiger partial charge in [0, 0.05) is 62.0 Å². The van der Waals surface area contributed by atoms with Crippen LogP contribution in [0.2, 0.25) is 0 Å². The molecule has 42 heavy (non-hydrogen) atoms. The fraction of sp³-hybridized carbons (Fsp3) is 0.355. The van der Waals surface area contributed by atoms with Gasteiger partial charge in [-0.3, -0.25) is 9.69 Å². The molecule has 0 spiro atoms. The van der Waals surface area contributed by atoms with E-state index in [0.29, 0.717) is 18.1 Å². The number of hydrogen-bond acceptors (Lipinski definition) is 8. The molecular formula is C31H37N7O4. The highest BCUT2D eigenvalue weighted by Gasteiger charge is 2.31. The molecule has 1 fully saturated rings. The number of anilines is 4. The number of nitrogens with zero attached hydrogens (tertiary/aromatic N) is 6. The van der Waals surface area contributed by atoms with Gasteiger partial charge in [0.1, 0.15) is 17.1 Å². The van der Waals surface area contributed by atoms with Gasteiger partial charge in [-0.05, 0) is 69.8 Å². The minimum Gasteiger partial charge on any atom is -0.497 e. The van der Waals surface area contributed by atoms with Crippen LogP contribution in [0.1, 0.15) is 26.3 Å². The molecule has 5 rings (SSSR count). The third-order valence-corrected chi connectivity index (χ3v) is 7.40. The molecule has 2 aromatic heterocycles. The van der Waals surface area contributed by atoms with E-state index in [2.05, 4.69) is 39.3 Å². The van der Waals surface area contributed by atoms with E-state index < -0.39 is 17.1 Å². The summed E-state index contributed by atoms with van der Waals surface area (Å²) in [6.07, 6.45) is 1.81. The fourth-order valence-corrected chi connectivity index (χ4v) is 5.13. The van der Waals surface area contributed by atoms with Crippen molar-refractivity contribution in [3.63, 3.8) is 0 Å². The van der Waals surface area contributed by atoms with E-state index in [4.69, 9.17) is 9.72 Å². The van der Waals surface area contributed by atoms with Crippen LogP contribution in [0.25, 0.3) is 11.0 Å². The van der Waals surface area contributed by atoms with E-state index in [1.54, 1.807) is 38.6 Å². The first-order valence-corrected chi connectivity index (χ1v) is 13.9. The topological polar surface area (TPSA) is 116 Å². The average Bonchev–Trinajstić information content (AvgIpc) is 2.96. The van der Waals surface area contributed by atoms with Gasteiger partial charge in [-0.2, -0.15) is 4.98 Å². The monoisotopic (exact) mass is 571 g/mol. The quantitative estimate of drug-likeness (QED) is 0.328. The van der Waals surface area contributed by atoms with Crippen LogP contribution in [0.4, 0.5) is 27.8 Å². The second-order valence-electron chi connectivity index (χ2n) is 11.5. The Balaban J connectivity index is 1.52. The van der Waals surface area contributed by atoms with E-state index >= 15 is 0 Å². The van der Waals surface area contributed by atoms with Crippen LogP contribution < -0.4 is 25.3 Å². The van der Waals surface area contributed by atoms with Crippen LogP contribution in [-0.4, -0.2) is 76.5 Å². The van der Waals surface area contributed by atoms with E-state index in [1.165, 1.54) is 6.20 Å². The maximum absolute atomic E-state index is 13.6. The Morgan fingerprint density at radius 1 is 1.05 bits per heavy atom. The number of carbonyl (C=O) groups is 1. The predicted octanol–water partition coefficient (Wildman–Crippen LogP) is 4.63. The number of rotatable bonds is 7. The van der Waals surface area contributed by atoms with Crippen molar-refractivity contribution in [2.24, 2.45) is 0 Å². The molecule has 1 saturated heterocycles. The second kappa shape index (κ2) is 11.7. The summed E-state index contributed by atoms with van der Waals surface area (Å²) in [4.78, 5) is 40.9. The summed E-state index contributed by atoms with van der Waals surface area (Å²) < 4.78 is 7.08. The van der Waals surface area contributed by atoms with Gasteiger partial charge in [-0.25, -0.2) is 9.78 Å². The molecule has 11 nitrogen and oxygen atoms in total. The van der Waals surface area contributed by atoms with E-state index in [-0.39, 0.29) is 11.1 Å². The van der Waals surface area contributed by atoms with Gasteiger partial charge in [0.15, 0.2) is 0 Å². The lowest BCUT2D eigenvalue weighted by Crippen LogP contribution is -2.47. The molecule has 1 aliphatic rings. The lowest BCUT2D eigenvalue weighted by Gasteiger charge is -2.34. The number of carboxylic acid groups (broad SMARTS) is 1. The first-order chi connectivity index (χ1) is 20.0. The molecule has 2 aromatic carbocycles. The summed E-state index contributed by atoms with van der Waals surface area (Å²) in [6, 6.07) is 15.7. The molecular weight excluding hydrogens is 534 g/mol. The van der Waals surface area contributed by atoms with Gasteiger partial charge in [-0.15, -0.1) is 0 Å². The number of pyridine rings is 1. The molecule has 220 valence electrons. The third-order valence-electron chi connectivity index (χ3n) is 7.40. The lowest BCUT2D eigenvalue weighted by atomic mass is 10.1. The Morgan fingerprint density at radius 3 is 2.31 bits per heavy atom. The van der Waals surface area contributed by atoms with Crippen LogP contribution in [0.15, 0.2) is 65.7 Å². The molecule has 0 unspecified atom stereocenters. The maximum atomic E-state index is 13.6. The highest BCUT2D eigenvalue weighted by molar-refractivity contribution is 5.90. The van der Waals surface area contributed by atoms with Gasteiger partial charge < -0.3 is 29.5 Å². The largest absolute Gasteiger partial charge is 0.497 e. The molecule has 4 aromatic rings. The van der Waals surface area contributed by atoms with Crippen molar-refractivity contribution in [2.75, 3.05) is 55.5 Å². The van der Waals surface area contributed by atoms with Crippen molar-refractivity contribution >= 4 is 40.1 Å². The Hall–Kier alpha value is -4.64. The van der Waals surface area contributed by atoms with Crippen molar-refractivity contribution < 1.29 is 14.6 Å². The van der Waals surface area contributed by atoms with Gasteiger partial charge in [0.25, 0.3) is 0 Å². The number of aromatic nitrogens is 3. The number of fused-ring (bicyclic) bond motifs is 1. The maximum Gasteiger partial charge on any atom is 0.412 e. The zero-order valence-corrected chi connectivity index (χ0v) is 24.7. The number of benzene rings is 2. The highest BCUT2D eigenvalue weighted by Crippen LogP contribution is 2.26. The Bertz CT molecular complexity index is 1620. The summed E-state index contributed by atoms with van der Waals surface area (Å²) in [5.74, 6) is 1.05. The Morgan fingerprint density at radius 2 is 1.71 bits per heavy atom. The molecule has 0 aliphatic carbocycles. The molecule has 1 aliphatic heterocycles. The standard InChI is InChI=1S/C31H37N7O4/c1-31(2,3)38(30(40)41)26-20-37(19-21-6-12-24(42-5)13-7-21)28-25(27(26)39)18-32-29(34-28)33-22-8-10-23(11-9-22)36-16-14-35(4)15-17-36/h6-13,18,20H,14-17,19H2,1-5H3,(H,40,41)(H,32,33,34). The number of nitrogens with one attached hydrogen (secondary N) is 1. The number of hydrogen-bond donors (Lipinski definition) is 2. The highest BCUT2D eigenvalue weighted by atomic mass is 16.5. The van der Waals surface area contributed by atoms with Crippen LogP contribution >= 0.6 is 0 Å². The van der Waals surface area contributed by atoms with Crippen molar-refractivity contribution in [3.8, 4) is 5.75 Å². The summed E-state index contributed by atoms with van der Waals surface area (Å²) >= 11 is 0. The van der Waals surface area contributed by atoms with Crippen molar-refractivity contribution in [1.82, 2.24) is 19.4 Å². The summed E-state index contributed by atoms with van der Waals surface area (Å²) in [5.41, 5.74) is 2.04. The minimum atomic E-state index is -1.21. The molecule has 11 heteroatoms. The first-order valence-electron chi connectivity index (χ1n) is 13.9. The Kier molecular flexibility index (Phi) is 8.04. The molecule has 0 saturated carbocycles. The van der Waals surface area contributed by atoms with E-state index in [1.807, 2.05) is 36.4 Å². The van der Waals surface area contributed by atoms with E-state index in [9.17, 15) is 14.7 Å². The number of methoxy groups -OCH3 is 1. The smallest absolute Gasteiger partial charge is 0.412 e. The second-order valence-corrected chi connectivity index (χ2v) is 11.5. The van der Waals surface area contributed by atoms with Crippen LogP contribution in [0.3, 0.4) is 0 Å². The van der Waals surface area contributed by atoms with Crippen molar-refractivity contribution in [1.29, 1.82) is 0 Å². The van der Waals surface area contributed by atoms with Crippen LogP contribution in [0.5, 0.6) is 5.75 Å². The third kappa shape index (κ3) is 6.15. The summed E-state index contributed by atoms with van der Waals surface area (Å²) in [7, 11) is 3.74. The normalized spacial score (nSPS) is 14.2. The average molecular weight is 572 g/mol. The number of amides is 1. The number of piperazine rings is 1. The zero-order valence-electron chi connectivity index (χ0n) is 24.7. The lowest BCUT2D eigenvalue weighted by molar-refractivity contribution is 0.195. The molecule has 0 bridgehead atoms. The van der Waals surface area contributed by atoms with Crippen LogP contribution in [-0.2, 0) is 6.54 Å². The van der Waals surface area contributed by atoms with Crippen molar-refractivity contribution in [3.05, 3.63) is 76.7 Å². The van der Waals surface area contributed by atoms with Crippen LogP contribution in [0, 0.1) is 0 Å². The molecule has 0 atom stereocenters. The molecule has 0 radical (unpaired) electrons. The summed E-state index contributed by atoms with van der Waals surface area (Å²) in [6.45, 7) is 9.63. The van der Waals surface area contributed by atoms with Gasteiger partial charge in [-0.1, -0.05) is 12.1 Å². The molecule has 1 amide bonds. The zero-order chi connectivity index (χ0) is 30.0. The van der Waals surface area contributed by atoms with Gasteiger partial charge in [0.05, 0.1) is 12.5 Å². The number of likely N-dealkylation sites (N-methyl/N-ethyl adjacent to an activating group) is 1. The minimum absolute atomic E-state index is 0.0415. The fourth-order valence-electron chi connectivity index (χ4n) is 5.13. The molecule has 3 heterocycles. The predicted molar refractivity (Wildman–Crippen MR) is 166 cm³/mol. The summed E-state index contributed by atoms with van der Waals surface area (Å²) in [5, 5.41) is 13.5. The van der Waals surface area contributed by atoms with Gasteiger partial charge in [0.2, 0.25) is 11.4 Å².